The van der Waals surface area contributed by atoms with Crippen molar-refractivity contribution in [1.29, 1.82) is 0 Å². The Morgan fingerprint density at radius 1 is 1.36 bits per heavy atom. The molecule has 0 saturated carbocycles. The van der Waals surface area contributed by atoms with Crippen molar-refractivity contribution in [3.05, 3.63) is 23.8 Å². The molecule has 0 aromatic heterocycles. The van der Waals surface area contributed by atoms with Crippen molar-refractivity contribution in [1.82, 2.24) is 0 Å². The van der Waals surface area contributed by atoms with E-state index in [-0.39, 0.29) is 5.69 Å². The number of phenolic OH excluding ortho intramolecular Hbond substituents is 1. The second-order valence-electron chi connectivity index (χ2n) is 2.03. The number of halogens is 2. The van der Waals surface area contributed by atoms with Gasteiger partial charge in [-0.3, -0.25) is 0 Å². The molecule has 0 atom stereocenters. The first-order chi connectivity index (χ1) is 5.15. The molecule has 0 aliphatic carbocycles. The molecule has 4 heteroatoms. The van der Waals surface area contributed by atoms with Gasteiger partial charge in [0.2, 0.25) is 0 Å². The number of hydrogen-bond acceptors (Lipinski definition) is 2. The largest absolute Gasteiger partial charge is 0.503 e. The van der Waals surface area contributed by atoms with Gasteiger partial charge in [-0.25, -0.2) is 8.78 Å². The molecule has 2 N–H and O–H groups in total. The number of rotatable bonds is 1. The van der Waals surface area contributed by atoms with E-state index in [1.165, 1.54) is 7.05 Å². The topological polar surface area (TPSA) is 32.3 Å². The Labute approximate surface area is 62.5 Å². The van der Waals surface area contributed by atoms with Crippen molar-refractivity contribution in [3.8, 4) is 5.75 Å². The van der Waals surface area contributed by atoms with Crippen LogP contribution in [0, 0.1) is 11.6 Å². The fourth-order valence-electron chi connectivity index (χ4n) is 0.757. The maximum absolute atomic E-state index is 12.5. The third-order valence-electron chi connectivity index (χ3n) is 1.30. The number of aromatic hydroxyl groups is 1. The lowest BCUT2D eigenvalue weighted by Crippen LogP contribution is -1.91. The average Bonchev–Trinajstić information content (AvgIpc) is 1.96. The second-order valence-corrected chi connectivity index (χ2v) is 2.03. The fraction of sp³-hybridized carbons (Fsp3) is 0.143. The van der Waals surface area contributed by atoms with Crippen LogP contribution in [0.5, 0.6) is 5.75 Å². The molecule has 0 aliphatic rings. The molecule has 0 spiro atoms. The SMILES string of the molecule is CNc1cc(F)cc(F)c1O. The minimum Gasteiger partial charge on any atom is -0.503 e. The third kappa shape index (κ3) is 1.39. The molecule has 0 unspecified atom stereocenters. The van der Waals surface area contributed by atoms with Crippen LogP contribution in [0.1, 0.15) is 0 Å². The van der Waals surface area contributed by atoms with Crippen molar-refractivity contribution in [2.24, 2.45) is 0 Å². The van der Waals surface area contributed by atoms with Gasteiger partial charge < -0.3 is 10.4 Å². The van der Waals surface area contributed by atoms with E-state index in [9.17, 15) is 8.78 Å². The van der Waals surface area contributed by atoms with Gasteiger partial charge in [0, 0.05) is 19.2 Å². The summed E-state index contributed by atoms with van der Waals surface area (Å²) in [5.74, 6) is -2.24. The fourth-order valence-corrected chi connectivity index (χ4v) is 0.757. The van der Waals surface area contributed by atoms with Crippen LogP contribution in [0.25, 0.3) is 0 Å². The average molecular weight is 159 g/mol. The Morgan fingerprint density at radius 3 is 2.55 bits per heavy atom. The van der Waals surface area contributed by atoms with Crippen LogP contribution in [0.15, 0.2) is 12.1 Å². The number of nitrogens with one attached hydrogen (secondary N) is 1. The van der Waals surface area contributed by atoms with Crippen molar-refractivity contribution in [3.63, 3.8) is 0 Å². The first-order valence-corrected chi connectivity index (χ1v) is 3.01. The maximum Gasteiger partial charge on any atom is 0.175 e. The normalized spacial score (nSPS) is 9.73. The molecule has 2 nitrogen and oxygen atoms in total. The number of phenols is 1. The van der Waals surface area contributed by atoms with Crippen LogP contribution < -0.4 is 5.32 Å². The molecule has 0 amide bonds. The molecule has 0 bridgehead atoms. The van der Waals surface area contributed by atoms with Crippen molar-refractivity contribution < 1.29 is 13.9 Å². The molecule has 1 aromatic rings. The Morgan fingerprint density at radius 2 is 2.00 bits per heavy atom. The van der Waals surface area contributed by atoms with Crippen LogP contribution in [-0.2, 0) is 0 Å². The number of anilines is 1. The summed E-state index contributed by atoms with van der Waals surface area (Å²) in [4.78, 5) is 0. The molecule has 11 heavy (non-hydrogen) atoms. The number of hydrogen-bond donors (Lipinski definition) is 2. The van der Waals surface area contributed by atoms with E-state index in [1.54, 1.807) is 0 Å². The monoisotopic (exact) mass is 159 g/mol. The lowest BCUT2D eigenvalue weighted by Gasteiger charge is -2.03. The van der Waals surface area contributed by atoms with E-state index in [2.05, 4.69) is 5.32 Å². The van der Waals surface area contributed by atoms with Gasteiger partial charge in [-0.05, 0) is 0 Å². The standard InChI is InChI=1S/C7H7F2NO/c1-10-6-3-4(8)2-5(9)7(6)11/h2-3,10-11H,1H3. The molecule has 60 valence electrons. The summed E-state index contributed by atoms with van der Waals surface area (Å²) in [7, 11) is 1.47. The Balaban J connectivity index is 3.24. The van der Waals surface area contributed by atoms with E-state index >= 15 is 0 Å². The zero-order valence-corrected chi connectivity index (χ0v) is 5.86. The molecule has 0 radical (unpaired) electrons. The summed E-state index contributed by atoms with van der Waals surface area (Å²) in [5, 5.41) is 11.4. The lowest BCUT2D eigenvalue weighted by molar-refractivity contribution is 0.430. The van der Waals surface area contributed by atoms with E-state index in [4.69, 9.17) is 5.11 Å². The smallest absolute Gasteiger partial charge is 0.175 e. The van der Waals surface area contributed by atoms with Crippen LogP contribution in [-0.4, -0.2) is 12.2 Å². The highest BCUT2D eigenvalue weighted by atomic mass is 19.1. The predicted molar refractivity (Wildman–Crippen MR) is 37.6 cm³/mol. The summed E-state index contributed by atoms with van der Waals surface area (Å²) in [5.41, 5.74) is 0.0440. The van der Waals surface area contributed by atoms with Crippen LogP contribution in [0.3, 0.4) is 0 Å². The van der Waals surface area contributed by atoms with Crippen molar-refractivity contribution in [2.75, 3.05) is 12.4 Å². The minimum absolute atomic E-state index is 0.0440. The van der Waals surface area contributed by atoms with Crippen LogP contribution >= 0.6 is 0 Å². The Hall–Kier alpha value is -1.32. The van der Waals surface area contributed by atoms with E-state index in [0.29, 0.717) is 6.07 Å². The first kappa shape index (κ1) is 7.78. The Bertz CT molecular complexity index is 275. The van der Waals surface area contributed by atoms with E-state index < -0.39 is 17.4 Å². The van der Waals surface area contributed by atoms with E-state index in [0.717, 1.165) is 6.07 Å². The van der Waals surface area contributed by atoms with Gasteiger partial charge in [0.15, 0.2) is 11.6 Å². The van der Waals surface area contributed by atoms with Crippen LogP contribution in [0.4, 0.5) is 14.5 Å². The summed E-state index contributed by atoms with van der Waals surface area (Å²) >= 11 is 0. The van der Waals surface area contributed by atoms with Crippen molar-refractivity contribution in [2.45, 2.75) is 0 Å². The molecule has 1 aromatic carbocycles. The van der Waals surface area contributed by atoms with Crippen LogP contribution in [0.2, 0.25) is 0 Å². The highest BCUT2D eigenvalue weighted by Gasteiger charge is 2.07. The lowest BCUT2D eigenvalue weighted by atomic mass is 10.3. The van der Waals surface area contributed by atoms with Gasteiger partial charge >= 0.3 is 0 Å². The summed E-state index contributed by atoms with van der Waals surface area (Å²) in [6, 6.07) is 1.63. The summed E-state index contributed by atoms with van der Waals surface area (Å²) < 4.78 is 24.9. The summed E-state index contributed by atoms with van der Waals surface area (Å²) in [6.07, 6.45) is 0. The van der Waals surface area contributed by atoms with Crippen molar-refractivity contribution >= 4 is 5.69 Å². The van der Waals surface area contributed by atoms with Gasteiger partial charge in [-0.2, -0.15) is 0 Å². The molecule has 0 aliphatic heterocycles. The van der Waals surface area contributed by atoms with Gasteiger partial charge in [0.1, 0.15) is 5.82 Å². The second kappa shape index (κ2) is 2.74. The van der Waals surface area contributed by atoms with Gasteiger partial charge in [0.25, 0.3) is 0 Å². The van der Waals surface area contributed by atoms with Gasteiger partial charge in [0.05, 0.1) is 5.69 Å². The first-order valence-electron chi connectivity index (χ1n) is 3.01. The Kier molecular flexibility index (Phi) is 1.94. The number of benzene rings is 1. The zero-order valence-electron chi connectivity index (χ0n) is 5.86. The molecule has 1 rings (SSSR count). The molecule has 0 fully saturated rings. The summed E-state index contributed by atoms with van der Waals surface area (Å²) in [6.45, 7) is 0. The molecular weight excluding hydrogens is 152 g/mol. The zero-order chi connectivity index (χ0) is 8.43. The third-order valence-corrected chi connectivity index (χ3v) is 1.30. The van der Waals surface area contributed by atoms with Gasteiger partial charge in [-0.1, -0.05) is 0 Å². The highest BCUT2D eigenvalue weighted by Crippen LogP contribution is 2.26. The van der Waals surface area contributed by atoms with Gasteiger partial charge in [-0.15, -0.1) is 0 Å². The highest BCUT2D eigenvalue weighted by molar-refractivity contribution is 5.55. The molecule has 0 saturated heterocycles. The predicted octanol–water partition coefficient (Wildman–Crippen LogP) is 1.71. The maximum atomic E-state index is 12.5. The molecule has 0 heterocycles. The minimum atomic E-state index is -0.964. The quantitative estimate of drug-likeness (QED) is 0.611. The van der Waals surface area contributed by atoms with E-state index in [1.807, 2.05) is 0 Å². The molecular formula is C7H7F2NO.